The van der Waals surface area contributed by atoms with Crippen molar-refractivity contribution in [3.05, 3.63) is 41.9 Å². The van der Waals surface area contributed by atoms with Crippen molar-refractivity contribution in [2.75, 3.05) is 19.6 Å². The molecular weight excluding hydrogens is 324 g/mol. The predicted molar refractivity (Wildman–Crippen MR) is 86.1 cm³/mol. The van der Waals surface area contributed by atoms with Crippen LogP contribution in [0.2, 0.25) is 5.02 Å². The molecule has 7 heteroatoms. The van der Waals surface area contributed by atoms with Crippen LogP contribution in [0.5, 0.6) is 0 Å². The number of nitrogens with one attached hydrogen (secondary N) is 1. The van der Waals surface area contributed by atoms with Crippen LogP contribution in [0.1, 0.15) is 12.8 Å². The molecule has 0 saturated carbocycles. The summed E-state index contributed by atoms with van der Waals surface area (Å²) in [7, 11) is -3.59. The van der Waals surface area contributed by atoms with E-state index >= 15 is 0 Å². The number of piperidine rings is 1. The third-order valence-corrected chi connectivity index (χ3v) is 5.76. The number of halogens is 1. The molecule has 5 nitrogen and oxygen atoms in total. The van der Waals surface area contributed by atoms with Crippen molar-refractivity contribution in [3.8, 4) is 0 Å². The molecule has 1 fully saturated rings. The molecule has 1 aromatic rings. The highest BCUT2D eigenvalue weighted by atomic mass is 35.5. The fourth-order valence-electron chi connectivity index (χ4n) is 2.45. The molecule has 1 atom stereocenters. The molecule has 0 radical (unpaired) electrons. The van der Waals surface area contributed by atoms with Crippen molar-refractivity contribution < 1.29 is 13.2 Å². The van der Waals surface area contributed by atoms with Crippen LogP contribution >= 0.6 is 11.6 Å². The zero-order valence-corrected chi connectivity index (χ0v) is 13.7. The van der Waals surface area contributed by atoms with Crippen LogP contribution in [-0.2, 0) is 14.8 Å². The summed E-state index contributed by atoms with van der Waals surface area (Å²) in [6.07, 6.45) is 2.96. The summed E-state index contributed by atoms with van der Waals surface area (Å²) in [4.78, 5) is 12.2. The van der Waals surface area contributed by atoms with Gasteiger partial charge in [-0.15, -0.1) is 6.58 Å². The second-order valence-corrected chi connectivity index (χ2v) is 7.56. The van der Waals surface area contributed by atoms with E-state index in [1.807, 2.05) is 0 Å². The van der Waals surface area contributed by atoms with Crippen LogP contribution in [0.3, 0.4) is 0 Å². The highest BCUT2D eigenvalue weighted by Gasteiger charge is 2.33. The molecule has 0 aromatic heterocycles. The molecule has 0 aliphatic carbocycles. The number of carbonyl (C=O) groups is 1. The summed E-state index contributed by atoms with van der Waals surface area (Å²) in [6.45, 7) is 4.56. The van der Waals surface area contributed by atoms with Crippen LogP contribution in [0.4, 0.5) is 0 Å². The molecular formula is C15H19ClN2O3S. The molecule has 1 aliphatic heterocycles. The Hall–Kier alpha value is -1.37. The number of amides is 1. The van der Waals surface area contributed by atoms with Crippen LogP contribution in [-0.4, -0.2) is 38.3 Å². The van der Waals surface area contributed by atoms with Gasteiger partial charge in [-0.25, -0.2) is 8.42 Å². The van der Waals surface area contributed by atoms with Gasteiger partial charge in [0.15, 0.2) is 0 Å². The van der Waals surface area contributed by atoms with Gasteiger partial charge in [0.25, 0.3) is 0 Å². The number of rotatable bonds is 5. The number of benzene rings is 1. The minimum Gasteiger partial charge on any atom is -0.352 e. The van der Waals surface area contributed by atoms with E-state index < -0.39 is 10.0 Å². The summed E-state index contributed by atoms with van der Waals surface area (Å²) in [5.74, 6) is -0.452. The zero-order chi connectivity index (χ0) is 16.2. The predicted octanol–water partition coefficient (Wildman–Crippen LogP) is 2.04. The summed E-state index contributed by atoms with van der Waals surface area (Å²) < 4.78 is 26.6. The van der Waals surface area contributed by atoms with Crippen molar-refractivity contribution in [2.45, 2.75) is 17.7 Å². The fourth-order valence-corrected chi connectivity index (χ4v) is 4.10. The Bertz CT molecular complexity index is 643. The van der Waals surface area contributed by atoms with Gasteiger partial charge >= 0.3 is 0 Å². The zero-order valence-electron chi connectivity index (χ0n) is 12.2. The second-order valence-electron chi connectivity index (χ2n) is 5.19. The van der Waals surface area contributed by atoms with Gasteiger partial charge in [-0.3, -0.25) is 4.79 Å². The van der Waals surface area contributed by atoms with Gasteiger partial charge in [0, 0.05) is 24.7 Å². The minimum absolute atomic E-state index is 0.129. The Kier molecular flexibility index (Phi) is 5.61. The van der Waals surface area contributed by atoms with Gasteiger partial charge in [0.2, 0.25) is 15.9 Å². The highest BCUT2D eigenvalue weighted by Crippen LogP contribution is 2.24. The number of hydrogen-bond acceptors (Lipinski definition) is 3. The van der Waals surface area contributed by atoms with E-state index in [2.05, 4.69) is 11.9 Å². The van der Waals surface area contributed by atoms with E-state index in [0.29, 0.717) is 31.0 Å². The summed E-state index contributed by atoms with van der Waals surface area (Å²) in [5, 5.41) is 3.21. The number of carbonyl (C=O) groups excluding carboxylic acids is 1. The Labute approximate surface area is 136 Å². The first-order valence-corrected chi connectivity index (χ1v) is 8.91. The Morgan fingerprint density at radius 1 is 1.41 bits per heavy atom. The molecule has 22 heavy (non-hydrogen) atoms. The summed E-state index contributed by atoms with van der Waals surface area (Å²) >= 11 is 5.79. The van der Waals surface area contributed by atoms with Crippen molar-refractivity contribution in [3.63, 3.8) is 0 Å². The maximum Gasteiger partial charge on any atom is 0.243 e. The maximum absolute atomic E-state index is 12.6. The number of hydrogen-bond donors (Lipinski definition) is 1. The first kappa shape index (κ1) is 17.0. The lowest BCUT2D eigenvalue weighted by molar-refractivity contribution is -0.125. The van der Waals surface area contributed by atoms with Gasteiger partial charge in [-0.05, 0) is 37.1 Å². The lowest BCUT2D eigenvalue weighted by Gasteiger charge is -2.31. The molecule has 0 unspecified atom stereocenters. The quantitative estimate of drug-likeness (QED) is 0.833. The summed E-state index contributed by atoms with van der Waals surface area (Å²) in [6, 6.07) is 6.07. The van der Waals surface area contributed by atoms with Crippen molar-refractivity contribution in [1.29, 1.82) is 0 Å². The molecule has 1 saturated heterocycles. The largest absolute Gasteiger partial charge is 0.352 e. The summed E-state index contributed by atoms with van der Waals surface area (Å²) in [5.41, 5.74) is 0. The number of nitrogens with zero attached hydrogens (tertiary/aromatic N) is 1. The van der Waals surface area contributed by atoms with Crippen LogP contribution in [0.15, 0.2) is 41.8 Å². The maximum atomic E-state index is 12.6. The molecule has 1 N–H and O–H groups in total. The lowest BCUT2D eigenvalue weighted by Crippen LogP contribution is -2.45. The average molecular weight is 343 g/mol. The molecule has 0 bridgehead atoms. The molecule has 1 aromatic carbocycles. The fraction of sp³-hybridized carbons (Fsp3) is 0.400. The first-order valence-electron chi connectivity index (χ1n) is 7.09. The molecule has 1 heterocycles. The first-order chi connectivity index (χ1) is 10.4. The standard InChI is InChI=1S/C15H19ClN2O3S/c1-2-9-17-15(19)12-4-3-10-18(11-12)22(20,21)14-7-5-13(16)6-8-14/h2,5-8,12H,1,3-4,9-11H2,(H,17,19)/t12-/m0/s1. The molecule has 2 rings (SSSR count). The van der Waals surface area contributed by atoms with E-state index in [9.17, 15) is 13.2 Å². The topological polar surface area (TPSA) is 66.5 Å². The SMILES string of the molecule is C=CCNC(=O)[C@H]1CCCN(S(=O)(=O)c2ccc(Cl)cc2)C1. The van der Waals surface area contributed by atoms with E-state index in [-0.39, 0.29) is 23.3 Å². The van der Waals surface area contributed by atoms with Crippen molar-refractivity contribution in [1.82, 2.24) is 9.62 Å². The monoisotopic (exact) mass is 342 g/mol. The van der Waals surface area contributed by atoms with Crippen LogP contribution in [0, 0.1) is 5.92 Å². The highest BCUT2D eigenvalue weighted by molar-refractivity contribution is 7.89. The van der Waals surface area contributed by atoms with Gasteiger partial charge in [-0.2, -0.15) is 4.31 Å². The number of sulfonamides is 1. The van der Waals surface area contributed by atoms with E-state index in [4.69, 9.17) is 11.6 Å². The van der Waals surface area contributed by atoms with Crippen LogP contribution in [0.25, 0.3) is 0 Å². The lowest BCUT2D eigenvalue weighted by atomic mass is 9.99. The molecule has 0 spiro atoms. The van der Waals surface area contributed by atoms with Gasteiger partial charge in [0.1, 0.15) is 0 Å². The van der Waals surface area contributed by atoms with Crippen molar-refractivity contribution in [2.24, 2.45) is 5.92 Å². The van der Waals surface area contributed by atoms with Gasteiger partial charge in [0.05, 0.1) is 10.8 Å². The molecule has 1 aliphatic rings. The van der Waals surface area contributed by atoms with Crippen LogP contribution < -0.4 is 5.32 Å². The van der Waals surface area contributed by atoms with Gasteiger partial charge in [-0.1, -0.05) is 17.7 Å². The van der Waals surface area contributed by atoms with E-state index in [1.54, 1.807) is 18.2 Å². The second kappa shape index (κ2) is 7.26. The average Bonchev–Trinajstić information content (AvgIpc) is 2.53. The smallest absolute Gasteiger partial charge is 0.243 e. The van der Waals surface area contributed by atoms with Gasteiger partial charge < -0.3 is 5.32 Å². The Morgan fingerprint density at radius 2 is 2.09 bits per heavy atom. The van der Waals surface area contributed by atoms with Crippen molar-refractivity contribution >= 4 is 27.5 Å². The Morgan fingerprint density at radius 3 is 2.73 bits per heavy atom. The van der Waals surface area contributed by atoms with E-state index in [1.165, 1.54) is 16.4 Å². The molecule has 120 valence electrons. The third kappa shape index (κ3) is 3.88. The minimum atomic E-state index is -3.59. The Balaban J connectivity index is 2.12. The van der Waals surface area contributed by atoms with E-state index in [0.717, 1.165) is 0 Å². The molecule has 1 amide bonds. The normalized spacial score (nSPS) is 19.6. The third-order valence-electron chi connectivity index (χ3n) is 3.63.